The number of hydrogen-bond acceptors (Lipinski definition) is 28. The number of para-hydroxylation sites is 2. The van der Waals surface area contributed by atoms with Gasteiger partial charge < -0.3 is 39.0 Å². The van der Waals surface area contributed by atoms with Crippen LogP contribution in [0.5, 0.6) is 11.5 Å². The summed E-state index contributed by atoms with van der Waals surface area (Å²) in [5, 5.41) is 61.4. The second kappa shape index (κ2) is 60.4. The van der Waals surface area contributed by atoms with Gasteiger partial charge >= 0.3 is 105 Å². The molecule has 0 aliphatic rings. The molecule has 4 aromatic carbocycles. The van der Waals surface area contributed by atoms with E-state index >= 15 is 0 Å². The Morgan fingerprint density at radius 2 is 0.523 bits per heavy atom. The van der Waals surface area contributed by atoms with Crippen molar-refractivity contribution in [3.05, 3.63) is 371 Å². The molecule has 0 fully saturated rings. The zero-order valence-corrected chi connectivity index (χ0v) is 78.5. The van der Waals surface area contributed by atoms with Gasteiger partial charge in [-0.05, 0) is 141 Å². The number of methoxy groups -OCH3 is 2. The first-order valence-electron chi connectivity index (χ1n) is 40.3. The van der Waals surface area contributed by atoms with Crippen LogP contribution in [0.2, 0.25) is 0 Å². The maximum atomic E-state index is 11.9. The molecule has 0 aliphatic carbocycles. The topological polar surface area (TPSA) is 391 Å². The number of hydrogen-bond donors (Lipinski definition) is 0. The van der Waals surface area contributed by atoms with E-state index in [1.54, 1.807) is 74.9 Å². The van der Waals surface area contributed by atoms with Gasteiger partial charge in [-0.1, -0.05) is 199 Å². The molecule has 132 heavy (non-hydrogen) atoms. The number of pyridine rings is 8. The third-order valence-corrected chi connectivity index (χ3v) is 19.1. The van der Waals surface area contributed by atoms with Crippen molar-refractivity contribution in [3.63, 3.8) is 0 Å². The molecule has 12 aromatic rings. The second-order valence-electron chi connectivity index (χ2n) is 30.2. The van der Waals surface area contributed by atoms with Gasteiger partial charge in [-0.25, -0.2) is 16.8 Å². The first-order valence-corrected chi connectivity index (χ1v) is 43.1. The third kappa shape index (κ3) is 46.7. The Bertz CT molecular complexity index is 4880. The van der Waals surface area contributed by atoms with Gasteiger partial charge in [-0.3, -0.25) is 59.5 Å². The van der Waals surface area contributed by atoms with Crippen LogP contribution < -0.4 is 20.4 Å². The van der Waals surface area contributed by atoms with Gasteiger partial charge in [0.2, 0.25) is 0 Å². The minimum Gasteiger partial charge on any atom is -0.872 e. The average Bonchev–Trinajstić information content (AvgIpc) is 0.848. The van der Waals surface area contributed by atoms with Crippen LogP contribution in [0.4, 0.5) is 26.3 Å². The summed E-state index contributed by atoms with van der Waals surface area (Å²) in [7, 11) is -8.88. The Balaban J connectivity index is 0.000000343. The van der Waals surface area contributed by atoms with Crippen LogP contribution in [0.15, 0.2) is 313 Å². The quantitative estimate of drug-likeness (QED) is 0.00740. The molecule has 28 nitrogen and oxygen atoms in total. The van der Waals surface area contributed by atoms with Crippen molar-refractivity contribution >= 4 is 44.5 Å². The van der Waals surface area contributed by atoms with Crippen molar-refractivity contribution in [2.24, 2.45) is 20.4 Å². The fourth-order valence-corrected chi connectivity index (χ4v) is 11.2. The molecule has 38 heteroatoms. The number of alkyl halides is 6. The van der Waals surface area contributed by atoms with Crippen molar-refractivity contribution in [2.75, 3.05) is 53.6 Å². The Morgan fingerprint density at radius 1 is 0.333 bits per heavy atom. The number of halogens is 6. The summed E-state index contributed by atoms with van der Waals surface area (Å²) < 4.78 is 127. The number of rotatable bonds is 31. The van der Waals surface area contributed by atoms with Crippen LogP contribution >= 0.6 is 0 Å². The smallest absolute Gasteiger partial charge is 0.872 e. The summed E-state index contributed by atoms with van der Waals surface area (Å²) in [6, 6.07) is 76.0. The molecule has 712 valence electrons. The Hall–Kier alpha value is -9.84. The summed E-state index contributed by atoms with van der Waals surface area (Å²) in [6.45, 7) is 23.8. The molecule has 0 N–H and O–H groups in total. The molecule has 8 aromatic heterocycles. The van der Waals surface area contributed by atoms with E-state index in [4.69, 9.17) is 25.9 Å². The van der Waals surface area contributed by atoms with E-state index < -0.39 is 43.0 Å². The van der Waals surface area contributed by atoms with Crippen molar-refractivity contribution in [3.8, 4) is 11.5 Å². The predicted molar refractivity (Wildman–Crippen MR) is 476 cm³/mol. The number of ether oxygens (including phenoxy) is 2. The van der Waals surface area contributed by atoms with Gasteiger partial charge in [-0.2, -0.15) is 46.7 Å². The van der Waals surface area contributed by atoms with Gasteiger partial charge in [0.25, 0.3) is 0 Å². The van der Waals surface area contributed by atoms with E-state index in [1.807, 2.05) is 171 Å². The van der Waals surface area contributed by atoms with Crippen molar-refractivity contribution < 1.29 is 176 Å². The van der Waals surface area contributed by atoms with Gasteiger partial charge in [0.15, 0.2) is 20.2 Å². The first kappa shape index (κ1) is 114. The van der Waals surface area contributed by atoms with Crippen molar-refractivity contribution in [2.45, 2.75) is 116 Å². The molecule has 0 aliphatic heterocycles. The number of aromatic nitrogens is 8. The van der Waals surface area contributed by atoms with E-state index in [0.717, 1.165) is 135 Å². The van der Waals surface area contributed by atoms with E-state index in [2.05, 4.69) is 179 Å². The Morgan fingerprint density at radius 3 is 0.682 bits per heavy atom. The van der Waals surface area contributed by atoms with Gasteiger partial charge in [-0.15, -0.1) is 0 Å². The molecule has 0 unspecified atom stereocenters. The summed E-state index contributed by atoms with van der Waals surface area (Å²) in [5.41, 5.74) is 1.31. The predicted octanol–water partition coefficient (Wildman–Crippen LogP) is 12.7. The molecule has 0 amide bonds. The van der Waals surface area contributed by atoms with Gasteiger partial charge in [0.05, 0.1) is 71.2 Å². The standard InChI is InChI=1S/2C26H28N6.2C18H20N2O2.C4H10O2.2CHF3O3S.2Yb/c2*1-5-13-27-23(9-1)19-31(20-24-10-2-6-14-28-24)17-18-32(21-25-11-3-7-15-29-25)22-26-12-4-8-16-30-26;2*1-18(2,3)15-10-8-13(9-11-15)17(22)20-19-12-14-6-4-5-7-16(14)21;1-5-3-4-6-2;2*2-1(3,4)8(5,6)7;;/h2*1-16H,17-22H2;2*4-12,21H,1-3H3,(H,20,22);3-4H2,1-2H3;2*(H,5,6,7);;/q;;;;;;;2*+3/p-6/b;;2*19-12+;;;;;. The zero-order chi connectivity index (χ0) is 94.9. The SMILES string of the molecule is CC(C)(C)c1ccc(/C([O-])=N/N=C/c2ccccc2[O-])cc1.CC(C)(C)c1ccc(/C([O-])=N/N=C/c2ccccc2[O-])cc1.COCCOC.O=S(=O)([O-])C(F)(F)F.O=S(=O)([O-])C(F)(F)F.[Yb+3].[Yb+3].c1ccc(CN(CCN(Cc2ccccn2)Cc2ccccn2)Cc2ccccn2)nc1.c1ccc(CN(CCN(Cc2ccccn2)Cc2ccccn2)Cc2ccccn2)nc1. The minimum atomic E-state index is -6.09. The minimum absolute atomic E-state index is 0. The molecule has 0 spiro atoms. The average molecular weight is 2170 g/mol. The van der Waals surface area contributed by atoms with Gasteiger partial charge in [0.1, 0.15) is 0 Å². The second-order valence-corrected chi connectivity index (χ2v) is 33.0. The zero-order valence-electron chi connectivity index (χ0n) is 73.4. The molecule has 2 radical (unpaired) electrons. The Kier molecular flexibility index (Phi) is 52.4. The van der Waals surface area contributed by atoms with E-state index in [0.29, 0.717) is 35.5 Å². The normalized spacial score (nSPS) is 11.8. The molecule has 12 rings (SSSR count). The molecule has 0 saturated carbocycles. The van der Waals surface area contributed by atoms with Crippen LogP contribution in [0.1, 0.15) is 120 Å². The molecular weight excluding hydrogens is 2070 g/mol. The molecule has 8 heterocycles. The van der Waals surface area contributed by atoms with Gasteiger partial charge in [0, 0.05) is 154 Å². The molecule has 0 saturated heterocycles. The van der Waals surface area contributed by atoms with E-state index in [9.17, 15) is 46.8 Å². The van der Waals surface area contributed by atoms with Crippen molar-refractivity contribution in [1.29, 1.82) is 0 Å². The molecule has 0 bridgehead atoms. The number of nitrogens with zero attached hydrogens (tertiary/aromatic N) is 16. The first-order chi connectivity index (χ1) is 61.9. The summed E-state index contributed by atoms with van der Waals surface area (Å²) in [4.78, 5) is 45.8. The van der Waals surface area contributed by atoms with Crippen LogP contribution in [-0.2, 0) is 92.9 Å². The molecule has 0 atom stereocenters. The Labute approximate surface area is 843 Å². The fourth-order valence-electron chi connectivity index (χ4n) is 11.2. The van der Waals surface area contributed by atoms with Crippen molar-refractivity contribution in [1.82, 2.24) is 59.5 Å². The van der Waals surface area contributed by atoms with Crippen LogP contribution in [0, 0.1) is 93.8 Å². The van der Waals surface area contributed by atoms with Crippen LogP contribution in [0.25, 0.3) is 0 Å². The van der Waals surface area contributed by atoms with Crippen LogP contribution in [0.3, 0.4) is 0 Å². The maximum Gasteiger partial charge on any atom is 3.00 e. The maximum absolute atomic E-state index is 11.9. The fraction of sp³-hybridized carbons (Fsp3) is 0.277. The van der Waals surface area contributed by atoms with E-state index in [-0.39, 0.29) is 116 Å². The summed E-state index contributed by atoms with van der Waals surface area (Å²) >= 11 is 0. The van der Waals surface area contributed by atoms with E-state index in [1.165, 1.54) is 24.6 Å². The van der Waals surface area contributed by atoms with Crippen LogP contribution in [-0.4, -0.2) is 174 Å². The largest absolute Gasteiger partial charge is 3.00 e. The molecular formula is C94H102F6N16O12S2Yb2. The number of benzene rings is 4. The summed E-state index contributed by atoms with van der Waals surface area (Å²) in [5.74, 6) is -1.16. The summed E-state index contributed by atoms with van der Waals surface area (Å²) in [6.07, 6.45) is 17.4. The third-order valence-electron chi connectivity index (χ3n) is 17.9. The monoisotopic (exact) mass is 2170 g/mol.